The van der Waals surface area contributed by atoms with Gasteiger partial charge in [0.2, 0.25) is 10.0 Å². The highest BCUT2D eigenvalue weighted by Crippen LogP contribution is 2.21. The summed E-state index contributed by atoms with van der Waals surface area (Å²) in [5, 5.41) is 9.13. The zero-order chi connectivity index (χ0) is 24.3. The lowest BCUT2D eigenvalue weighted by Crippen LogP contribution is -2.33. The molecule has 180 valence electrons. The lowest BCUT2D eigenvalue weighted by molar-refractivity contribution is -0.137. The minimum absolute atomic E-state index is 0.0295. The number of carboxylic acids is 1. The van der Waals surface area contributed by atoms with Crippen LogP contribution in [0, 0.1) is 0 Å². The third kappa shape index (κ3) is 9.27. The molecule has 0 saturated heterocycles. The van der Waals surface area contributed by atoms with Crippen molar-refractivity contribution in [2.24, 2.45) is 0 Å². The molecule has 0 aliphatic heterocycles. The van der Waals surface area contributed by atoms with Gasteiger partial charge in [0.1, 0.15) is 0 Å². The number of benzene rings is 2. The molecule has 0 bridgehead atoms. The van der Waals surface area contributed by atoms with E-state index in [9.17, 15) is 18.0 Å². The molecular weight excluding hydrogens is 462 g/mol. The van der Waals surface area contributed by atoms with Gasteiger partial charge in [-0.1, -0.05) is 62.3 Å². The van der Waals surface area contributed by atoms with Crippen LogP contribution in [0.25, 0.3) is 0 Å². The van der Waals surface area contributed by atoms with Crippen LogP contribution in [0.3, 0.4) is 0 Å². The van der Waals surface area contributed by atoms with Crippen LogP contribution in [0.4, 0.5) is 0 Å². The molecule has 2 N–H and O–H groups in total. The van der Waals surface area contributed by atoms with Gasteiger partial charge in [-0.15, -0.1) is 0 Å². The number of unbranched alkanes of at least 4 members (excludes halogenated alkanes) is 6. The third-order valence-electron chi connectivity index (χ3n) is 5.41. The molecular formula is C25H32ClNO5S. The van der Waals surface area contributed by atoms with Gasteiger partial charge < -0.3 is 5.11 Å². The molecule has 0 aliphatic rings. The SMILES string of the molecule is CC(CCCCCCCCCC(=O)O)NS(=O)(=O)c1ccccc1C(=O)c1ccc(Cl)cc1. The van der Waals surface area contributed by atoms with Crippen LogP contribution >= 0.6 is 11.6 Å². The molecule has 0 radical (unpaired) electrons. The van der Waals surface area contributed by atoms with Crippen molar-refractivity contribution in [1.82, 2.24) is 4.72 Å². The average molecular weight is 494 g/mol. The molecule has 2 aromatic rings. The van der Waals surface area contributed by atoms with Gasteiger partial charge in [0.15, 0.2) is 5.78 Å². The predicted molar refractivity (Wildman–Crippen MR) is 130 cm³/mol. The molecule has 0 amide bonds. The van der Waals surface area contributed by atoms with E-state index in [-0.39, 0.29) is 28.7 Å². The Balaban J connectivity index is 1.86. The van der Waals surface area contributed by atoms with Crippen molar-refractivity contribution in [3.63, 3.8) is 0 Å². The molecule has 33 heavy (non-hydrogen) atoms. The summed E-state index contributed by atoms with van der Waals surface area (Å²) in [5.74, 6) is -1.12. The fraction of sp³-hybridized carbons (Fsp3) is 0.440. The van der Waals surface area contributed by atoms with Gasteiger partial charge in [-0.05, 0) is 56.2 Å². The van der Waals surface area contributed by atoms with Crippen LogP contribution in [-0.2, 0) is 14.8 Å². The summed E-state index contributed by atoms with van der Waals surface area (Å²) in [5.41, 5.74) is 0.500. The molecule has 0 aromatic heterocycles. The topological polar surface area (TPSA) is 101 Å². The summed E-state index contributed by atoms with van der Waals surface area (Å²) in [6.45, 7) is 1.83. The fourth-order valence-corrected chi connectivity index (χ4v) is 5.25. The second kappa shape index (κ2) is 13.5. The fourth-order valence-electron chi connectivity index (χ4n) is 3.64. The molecule has 2 rings (SSSR count). The van der Waals surface area contributed by atoms with Crippen molar-refractivity contribution in [2.45, 2.75) is 75.6 Å². The second-order valence-corrected chi connectivity index (χ2v) is 10.4. The Hall–Kier alpha value is -2.22. The van der Waals surface area contributed by atoms with Crippen LogP contribution < -0.4 is 4.72 Å². The first kappa shape index (κ1) is 27.0. The van der Waals surface area contributed by atoms with E-state index in [1.165, 1.54) is 12.1 Å². The summed E-state index contributed by atoms with van der Waals surface area (Å²) in [6.07, 6.45) is 7.59. The summed E-state index contributed by atoms with van der Waals surface area (Å²) in [4.78, 5) is 23.4. The van der Waals surface area contributed by atoms with Crippen molar-refractivity contribution in [3.8, 4) is 0 Å². The van der Waals surface area contributed by atoms with Crippen molar-refractivity contribution < 1.29 is 23.1 Å². The lowest BCUT2D eigenvalue weighted by atomic mass is 10.0. The van der Waals surface area contributed by atoms with Crippen molar-refractivity contribution in [2.75, 3.05) is 0 Å². The van der Waals surface area contributed by atoms with Gasteiger partial charge in [0.05, 0.1) is 4.90 Å². The molecule has 0 fully saturated rings. The number of halogens is 1. The van der Waals surface area contributed by atoms with E-state index in [0.29, 0.717) is 17.0 Å². The molecule has 0 saturated carbocycles. The van der Waals surface area contributed by atoms with Crippen molar-refractivity contribution >= 4 is 33.4 Å². The van der Waals surface area contributed by atoms with Gasteiger partial charge >= 0.3 is 5.97 Å². The van der Waals surface area contributed by atoms with E-state index in [1.807, 2.05) is 6.92 Å². The Kier molecular flexibility index (Phi) is 11.0. The number of aliphatic carboxylic acids is 1. The normalized spacial score (nSPS) is 12.4. The highest BCUT2D eigenvalue weighted by atomic mass is 35.5. The third-order valence-corrected chi connectivity index (χ3v) is 7.31. The molecule has 0 aliphatic carbocycles. The minimum Gasteiger partial charge on any atom is -0.481 e. The maximum absolute atomic E-state index is 13.0. The zero-order valence-electron chi connectivity index (χ0n) is 18.9. The molecule has 0 spiro atoms. The highest BCUT2D eigenvalue weighted by Gasteiger charge is 2.24. The van der Waals surface area contributed by atoms with Gasteiger partial charge in [-0.25, -0.2) is 13.1 Å². The second-order valence-electron chi connectivity index (χ2n) is 8.26. The summed E-state index contributed by atoms with van der Waals surface area (Å²) >= 11 is 5.89. The molecule has 0 heterocycles. The number of hydrogen-bond donors (Lipinski definition) is 2. The number of ketones is 1. The number of rotatable bonds is 15. The lowest BCUT2D eigenvalue weighted by Gasteiger charge is -2.16. The summed E-state index contributed by atoms with van der Waals surface area (Å²) in [7, 11) is -3.86. The smallest absolute Gasteiger partial charge is 0.303 e. The number of carbonyl (C=O) groups excluding carboxylic acids is 1. The van der Waals surface area contributed by atoms with Crippen LogP contribution in [0.1, 0.15) is 80.6 Å². The first-order valence-corrected chi connectivity index (χ1v) is 13.2. The van der Waals surface area contributed by atoms with E-state index in [2.05, 4.69) is 4.72 Å². The standard InChI is InChI=1S/C25H32ClNO5S/c1-19(11-7-5-3-2-4-6-8-14-24(28)29)27-33(31,32)23-13-10-9-12-22(23)25(30)20-15-17-21(26)18-16-20/h9-10,12-13,15-19,27H,2-8,11,14H2,1H3,(H,28,29). The number of sulfonamides is 1. The Bertz CT molecular complexity index is 1020. The molecule has 1 unspecified atom stereocenters. The quantitative estimate of drug-likeness (QED) is 0.240. The monoisotopic (exact) mass is 493 g/mol. The van der Waals surface area contributed by atoms with E-state index < -0.39 is 16.0 Å². The van der Waals surface area contributed by atoms with E-state index in [1.54, 1.807) is 36.4 Å². The Morgan fingerprint density at radius 2 is 1.48 bits per heavy atom. The van der Waals surface area contributed by atoms with Gasteiger partial charge in [0, 0.05) is 28.6 Å². The number of hydrogen-bond acceptors (Lipinski definition) is 4. The minimum atomic E-state index is -3.86. The number of nitrogens with one attached hydrogen (secondary N) is 1. The molecule has 2 aromatic carbocycles. The molecule has 8 heteroatoms. The van der Waals surface area contributed by atoms with Crippen LogP contribution in [0.15, 0.2) is 53.4 Å². The van der Waals surface area contributed by atoms with Gasteiger partial charge in [-0.3, -0.25) is 9.59 Å². The molecule has 6 nitrogen and oxygen atoms in total. The van der Waals surface area contributed by atoms with E-state index >= 15 is 0 Å². The summed E-state index contributed by atoms with van der Waals surface area (Å²) in [6, 6.07) is 12.3. The summed E-state index contributed by atoms with van der Waals surface area (Å²) < 4.78 is 28.7. The first-order chi connectivity index (χ1) is 15.7. The van der Waals surface area contributed by atoms with Crippen molar-refractivity contribution in [3.05, 3.63) is 64.7 Å². The Morgan fingerprint density at radius 3 is 2.12 bits per heavy atom. The Labute approximate surface area is 201 Å². The van der Waals surface area contributed by atoms with E-state index in [4.69, 9.17) is 16.7 Å². The number of carboxylic acid groups (broad SMARTS) is 1. The number of carbonyl (C=O) groups is 2. The maximum Gasteiger partial charge on any atom is 0.303 e. The van der Waals surface area contributed by atoms with Gasteiger partial charge in [-0.2, -0.15) is 0 Å². The van der Waals surface area contributed by atoms with Crippen LogP contribution in [0.2, 0.25) is 5.02 Å². The van der Waals surface area contributed by atoms with E-state index in [0.717, 1.165) is 44.9 Å². The molecule has 1 atom stereocenters. The highest BCUT2D eigenvalue weighted by molar-refractivity contribution is 7.89. The van der Waals surface area contributed by atoms with Gasteiger partial charge in [0.25, 0.3) is 0 Å². The van der Waals surface area contributed by atoms with Crippen LogP contribution in [-0.4, -0.2) is 31.3 Å². The largest absolute Gasteiger partial charge is 0.481 e. The predicted octanol–water partition coefficient (Wildman–Crippen LogP) is 5.83. The Morgan fingerprint density at radius 1 is 0.909 bits per heavy atom. The zero-order valence-corrected chi connectivity index (χ0v) is 20.5. The van der Waals surface area contributed by atoms with Crippen molar-refractivity contribution in [1.29, 1.82) is 0 Å². The van der Waals surface area contributed by atoms with Crippen LogP contribution in [0.5, 0.6) is 0 Å². The first-order valence-electron chi connectivity index (χ1n) is 11.3. The maximum atomic E-state index is 13.0. The average Bonchev–Trinajstić information content (AvgIpc) is 2.77.